The van der Waals surface area contributed by atoms with Crippen LogP contribution in [0.3, 0.4) is 0 Å². The van der Waals surface area contributed by atoms with E-state index in [4.69, 9.17) is 0 Å². The summed E-state index contributed by atoms with van der Waals surface area (Å²) < 4.78 is 0. The van der Waals surface area contributed by atoms with Crippen LogP contribution >= 0.6 is 0 Å². The molecular formula is C23H33N3O3. The van der Waals surface area contributed by atoms with Gasteiger partial charge in [0, 0.05) is 30.3 Å². The molecule has 0 radical (unpaired) electrons. The number of Topliss-reactive ketones (excluding diaryl/α,β-unsaturated/α-hetero) is 2. The molecule has 0 spiro atoms. The predicted octanol–water partition coefficient (Wildman–Crippen LogP) is 3.20. The molecule has 0 aromatic heterocycles. The molecule has 2 rings (SSSR count). The average Bonchev–Trinajstić information content (AvgIpc) is 2.67. The second-order valence-electron chi connectivity index (χ2n) is 7.92. The van der Waals surface area contributed by atoms with Crippen molar-refractivity contribution < 1.29 is 14.4 Å². The number of hydrogen-bond acceptors (Lipinski definition) is 5. The van der Waals surface area contributed by atoms with Crippen molar-refractivity contribution in [3.05, 3.63) is 46.8 Å². The molecule has 1 amide bonds. The van der Waals surface area contributed by atoms with Crippen LogP contribution in [0.15, 0.2) is 35.7 Å². The van der Waals surface area contributed by atoms with Gasteiger partial charge in [-0.25, -0.2) is 0 Å². The highest BCUT2D eigenvalue weighted by Crippen LogP contribution is 2.31. The lowest BCUT2D eigenvalue weighted by atomic mass is 9.88. The van der Waals surface area contributed by atoms with Gasteiger partial charge in [-0.05, 0) is 41.3 Å². The number of rotatable bonds is 9. The lowest BCUT2D eigenvalue weighted by molar-refractivity contribution is -0.130. The Bertz CT molecular complexity index is 811. The molecule has 0 fully saturated rings. The van der Waals surface area contributed by atoms with E-state index in [9.17, 15) is 14.4 Å². The van der Waals surface area contributed by atoms with Crippen LogP contribution < -0.4 is 0 Å². The van der Waals surface area contributed by atoms with E-state index >= 15 is 0 Å². The third kappa shape index (κ3) is 4.75. The Morgan fingerprint density at radius 3 is 1.97 bits per heavy atom. The molecular weight excluding hydrogens is 366 g/mol. The fraction of sp³-hybridized carbons (Fsp3) is 0.522. The number of fused-ring (bicyclic) bond motifs is 1. The minimum Gasteiger partial charge on any atom is -0.364 e. The van der Waals surface area contributed by atoms with Crippen LogP contribution in [0.2, 0.25) is 0 Å². The first-order chi connectivity index (χ1) is 13.7. The van der Waals surface area contributed by atoms with Crippen molar-refractivity contribution in [2.45, 2.75) is 46.6 Å². The Hall–Kier alpha value is -2.47. The molecule has 1 aliphatic carbocycles. The van der Waals surface area contributed by atoms with Gasteiger partial charge in [-0.15, -0.1) is 0 Å². The molecule has 0 heterocycles. The lowest BCUT2D eigenvalue weighted by Crippen LogP contribution is -2.46. The Morgan fingerprint density at radius 2 is 1.52 bits per heavy atom. The topological polar surface area (TPSA) is 60.9 Å². The first-order valence-corrected chi connectivity index (χ1v) is 10.4. The average molecular weight is 400 g/mol. The molecule has 1 aliphatic rings. The first-order valence-electron chi connectivity index (χ1n) is 10.4. The SMILES string of the molecule is CCCCN(C(=O)CN(C)C)C1=C(N(CC)C(C)C)C(=O)c2ccccc2C1=O. The summed E-state index contributed by atoms with van der Waals surface area (Å²) in [5, 5.41) is 0. The Kier molecular flexibility index (Phi) is 7.73. The molecule has 0 aliphatic heterocycles. The molecule has 6 heteroatoms. The van der Waals surface area contributed by atoms with Crippen molar-refractivity contribution in [1.29, 1.82) is 0 Å². The van der Waals surface area contributed by atoms with Gasteiger partial charge in [-0.3, -0.25) is 14.4 Å². The number of hydrogen-bond donors (Lipinski definition) is 0. The van der Waals surface area contributed by atoms with Crippen molar-refractivity contribution in [1.82, 2.24) is 14.7 Å². The molecule has 0 unspecified atom stereocenters. The van der Waals surface area contributed by atoms with E-state index < -0.39 is 0 Å². The largest absolute Gasteiger partial charge is 0.364 e. The van der Waals surface area contributed by atoms with Gasteiger partial charge in [-0.1, -0.05) is 37.6 Å². The monoisotopic (exact) mass is 399 g/mol. The maximum absolute atomic E-state index is 13.6. The number of unbranched alkanes of at least 4 members (excludes halogenated alkanes) is 1. The van der Waals surface area contributed by atoms with Gasteiger partial charge in [0.15, 0.2) is 0 Å². The molecule has 0 bridgehead atoms. The van der Waals surface area contributed by atoms with Gasteiger partial charge in [-0.2, -0.15) is 0 Å². The maximum atomic E-state index is 13.6. The molecule has 0 atom stereocenters. The number of amides is 1. The number of ketones is 2. The van der Waals surface area contributed by atoms with E-state index in [2.05, 4.69) is 0 Å². The zero-order valence-electron chi connectivity index (χ0n) is 18.5. The predicted molar refractivity (Wildman–Crippen MR) is 115 cm³/mol. The standard InChI is InChI=1S/C23H33N3O3/c1-7-9-14-26(19(27)15-24(5)6)21-20(25(8-2)16(3)4)22(28)17-12-10-11-13-18(17)23(21)29/h10-13,16H,7-9,14-15H2,1-6H3. The van der Waals surface area contributed by atoms with Crippen molar-refractivity contribution in [2.24, 2.45) is 0 Å². The minimum absolute atomic E-state index is 0.0176. The zero-order valence-corrected chi connectivity index (χ0v) is 18.5. The van der Waals surface area contributed by atoms with E-state index in [1.165, 1.54) is 0 Å². The van der Waals surface area contributed by atoms with Crippen LogP contribution in [0.4, 0.5) is 0 Å². The lowest BCUT2D eigenvalue weighted by Gasteiger charge is -2.37. The van der Waals surface area contributed by atoms with Gasteiger partial charge in [0.25, 0.3) is 0 Å². The minimum atomic E-state index is -0.252. The second-order valence-corrected chi connectivity index (χ2v) is 7.92. The number of likely N-dealkylation sites (N-methyl/N-ethyl adjacent to an activating group) is 2. The molecule has 6 nitrogen and oxygen atoms in total. The molecule has 0 saturated heterocycles. The molecule has 0 saturated carbocycles. The number of carbonyl (C=O) groups is 3. The normalized spacial score (nSPS) is 13.9. The van der Waals surface area contributed by atoms with Crippen LogP contribution in [-0.4, -0.2) is 71.9 Å². The summed E-state index contributed by atoms with van der Waals surface area (Å²) in [6.07, 6.45) is 1.64. The highest BCUT2D eigenvalue weighted by Gasteiger charge is 2.39. The highest BCUT2D eigenvalue weighted by atomic mass is 16.2. The number of carbonyl (C=O) groups excluding carboxylic acids is 3. The fourth-order valence-corrected chi connectivity index (χ4v) is 3.68. The molecule has 158 valence electrons. The van der Waals surface area contributed by atoms with Crippen LogP contribution in [0, 0.1) is 0 Å². The molecule has 1 aromatic rings. The van der Waals surface area contributed by atoms with Crippen LogP contribution in [0.25, 0.3) is 0 Å². The van der Waals surface area contributed by atoms with Crippen molar-refractivity contribution in [3.63, 3.8) is 0 Å². The van der Waals surface area contributed by atoms with Crippen molar-refractivity contribution >= 4 is 17.5 Å². The first kappa shape index (κ1) is 22.8. The third-order valence-electron chi connectivity index (χ3n) is 5.08. The van der Waals surface area contributed by atoms with E-state index in [-0.39, 0.29) is 35.8 Å². The van der Waals surface area contributed by atoms with Crippen LogP contribution in [0.1, 0.15) is 61.3 Å². The third-order valence-corrected chi connectivity index (χ3v) is 5.08. The van der Waals surface area contributed by atoms with Crippen molar-refractivity contribution in [3.8, 4) is 0 Å². The summed E-state index contributed by atoms with van der Waals surface area (Å²) in [5.74, 6) is -0.612. The van der Waals surface area contributed by atoms with E-state index in [1.807, 2.05) is 46.7 Å². The summed E-state index contributed by atoms with van der Waals surface area (Å²) in [5.41, 5.74) is 1.35. The van der Waals surface area contributed by atoms with Gasteiger partial charge < -0.3 is 14.7 Å². The van der Waals surface area contributed by atoms with Gasteiger partial charge in [0.1, 0.15) is 11.4 Å². The molecule has 1 aromatic carbocycles. The summed E-state index contributed by atoms with van der Waals surface area (Å²) in [6.45, 7) is 9.15. The summed E-state index contributed by atoms with van der Waals surface area (Å²) in [4.78, 5) is 45.4. The van der Waals surface area contributed by atoms with E-state index in [0.29, 0.717) is 29.9 Å². The maximum Gasteiger partial charge on any atom is 0.241 e. The second kappa shape index (κ2) is 9.83. The summed E-state index contributed by atoms with van der Waals surface area (Å²) in [7, 11) is 3.64. The van der Waals surface area contributed by atoms with Gasteiger partial charge in [0.05, 0.1) is 6.54 Å². The summed E-state index contributed by atoms with van der Waals surface area (Å²) >= 11 is 0. The zero-order chi connectivity index (χ0) is 21.7. The Morgan fingerprint density at radius 1 is 0.966 bits per heavy atom. The summed E-state index contributed by atoms with van der Waals surface area (Å²) in [6, 6.07) is 6.91. The van der Waals surface area contributed by atoms with Gasteiger partial charge >= 0.3 is 0 Å². The molecule has 0 N–H and O–H groups in total. The number of nitrogens with zero attached hydrogens (tertiary/aromatic N) is 3. The highest BCUT2D eigenvalue weighted by molar-refractivity contribution is 6.27. The quantitative estimate of drug-likeness (QED) is 0.638. The van der Waals surface area contributed by atoms with Crippen LogP contribution in [0.5, 0.6) is 0 Å². The molecule has 29 heavy (non-hydrogen) atoms. The van der Waals surface area contributed by atoms with E-state index in [1.54, 1.807) is 34.1 Å². The van der Waals surface area contributed by atoms with E-state index in [0.717, 1.165) is 12.8 Å². The van der Waals surface area contributed by atoms with Crippen molar-refractivity contribution in [2.75, 3.05) is 33.7 Å². The smallest absolute Gasteiger partial charge is 0.241 e. The van der Waals surface area contributed by atoms with Crippen LogP contribution in [-0.2, 0) is 4.79 Å². The number of allylic oxidation sites excluding steroid dienone is 2. The number of benzene rings is 1. The van der Waals surface area contributed by atoms with Gasteiger partial charge in [0.2, 0.25) is 17.5 Å². The Labute approximate surface area is 174 Å². The fourth-order valence-electron chi connectivity index (χ4n) is 3.68. The Balaban J connectivity index is 2.73.